The highest BCUT2D eigenvalue weighted by atomic mass is 32.1. The van der Waals surface area contributed by atoms with Crippen molar-refractivity contribution in [2.45, 2.75) is 25.8 Å². The van der Waals surface area contributed by atoms with Crippen molar-refractivity contribution >= 4 is 34.6 Å². The summed E-state index contributed by atoms with van der Waals surface area (Å²) in [5.41, 5.74) is 2.02. The standard InChI is InChI=1S/C23H23F2N3O4S/c1-31-23(30)15-9-17(27-11-14-7-8-26-12-19(14)32-13-20(24)25)21(18(29)10-15)22(33)28-16-5-3-2-4-6-16/h2-8,12,15,20,27H,9-11,13H2,1H3,(H,28,33). The van der Waals surface area contributed by atoms with Crippen molar-refractivity contribution in [2.24, 2.45) is 5.92 Å². The number of esters is 1. The third-order valence-corrected chi connectivity index (χ3v) is 5.29. The van der Waals surface area contributed by atoms with Crippen LogP contribution in [-0.4, -0.2) is 41.9 Å². The van der Waals surface area contributed by atoms with Crippen LogP contribution in [0.2, 0.25) is 0 Å². The van der Waals surface area contributed by atoms with E-state index in [4.69, 9.17) is 21.7 Å². The Morgan fingerprint density at radius 3 is 2.70 bits per heavy atom. The van der Waals surface area contributed by atoms with E-state index in [1.165, 1.54) is 19.5 Å². The van der Waals surface area contributed by atoms with Crippen LogP contribution in [0.15, 0.2) is 60.1 Å². The van der Waals surface area contributed by atoms with Gasteiger partial charge in [0.1, 0.15) is 17.3 Å². The maximum absolute atomic E-state index is 13.0. The highest BCUT2D eigenvalue weighted by molar-refractivity contribution is 7.81. The number of nitrogens with zero attached hydrogens (tertiary/aromatic N) is 1. The fourth-order valence-electron chi connectivity index (χ4n) is 3.43. The fourth-order valence-corrected chi connectivity index (χ4v) is 3.78. The largest absolute Gasteiger partial charge is 0.486 e. The SMILES string of the molecule is COC(=O)C1CC(=O)C(C(=S)Nc2ccccc2)=C(NCc2ccncc2OCC(F)F)C1. The molecule has 1 aromatic carbocycles. The van der Waals surface area contributed by atoms with Gasteiger partial charge in [-0.05, 0) is 18.2 Å². The van der Waals surface area contributed by atoms with Crippen molar-refractivity contribution < 1.29 is 27.8 Å². The molecular formula is C23H23F2N3O4S. The topological polar surface area (TPSA) is 89.6 Å². The lowest BCUT2D eigenvalue weighted by Crippen LogP contribution is -2.35. The number of para-hydroxylation sites is 1. The van der Waals surface area contributed by atoms with Crippen molar-refractivity contribution in [1.82, 2.24) is 10.3 Å². The number of halogens is 2. The third kappa shape index (κ3) is 6.55. The Bertz CT molecular complexity index is 1050. The van der Waals surface area contributed by atoms with Gasteiger partial charge in [-0.25, -0.2) is 8.78 Å². The Morgan fingerprint density at radius 2 is 2.00 bits per heavy atom. The summed E-state index contributed by atoms with van der Waals surface area (Å²) in [6.45, 7) is -0.615. The molecule has 0 amide bonds. The first kappa shape index (κ1) is 24.2. The number of carbonyl (C=O) groups excluding carboxylic acids is 2. The van der Waals surface area contributed by atoms with Gasteiger partial charge in [-0.2, -0.15) is 0 Å². The Labute approximate surface area is 195 Å². The van der Waals surface area contributed by atoms with Crippen molar-refractivity contribution in [3.8, 4) is 5.75 Å². The minimum Gasteiger partial charge on any atom is -0.486 e. The molecule has 0 fully saturated rings. The molecule has 2 aromatic rings. The Morgan fingerprint density at radius 1 is 1.24 bits per heavy atom. The van der Waals surface area contributed by atoms with Crippen LogP contribution in [0, 0.1) is 5.92 Å². The normalized spacial score (nSPS) is 15.9. The van der Waals surface area contributed by atoms with Gasteiger partial charge >= 0.3 is 5.97 Å². The predicted molar refractivity (Wildman–Crippen MR) is 122 cm³/mol. The number of nitrogens with one attached hydrogen (secondary N) is 2. The summed E-state index contributed by atoms with van der Waals surface area (Å²) in [6.07, 6.45) is 0.412. The first-order valence-electron chi connectivity index (χ1n) is 10.2. The number of aromatic nitrogens is 1. The summed E-state index contributed by atoms with van der Waals surface area (Å²) < 4.78 is 35.1. The lowest BCUT2D eigenvalue weighted by molar-refractivity contribution is -0.147. The van der Waals surface area contributed by atoms with E-state index < -0.39 is 24.9 Å². The molecule has 1 aromatic heterocycles. The number of hydrogen-bond donors (Lipinski definition) is 2. The molecule has 1 unspecified atom stereocenters. The molecule has 1 heterocycles. The molecular weight excluding hydrogens is 452 g/mol. The second-order valence-electron chi connectivity index (χ2n) is 7.26. The third-order valence-electron chi connectivity index (χ3n) is 4.98. The van der Waals surface area contributed by atoms with E-state index in [1.54, 1.807) is 6.07 Å². The number of thiocarbonyl (C=S) groups is 1. The molecule has 3 rings (SSSR count). The van der Waals surface area contributed by atoms with Gasteiger partial charge in [-0.1, -0.05) is 30.4 Å². The van der Waals surface area contributed by atoms with Gasteiger partial charge in [-0.15, -0.1) is 0 Å². The number of benzene rings is 1. The van der Waals surface area contributed by atoms with Gasteiger partial charge in [0.15, 0.2) is 5.78 Å². The minimum atomic E-state index is -2.63. The van der Waals surface area contributed by atoms with Crippen LogP contribution >= 0.6 is 12.2 Å². The molecule has 174 valence electrons. The molecule has 0 radical (unpaired) electrons. The van der Waals surface area contributed by atoms with Gasteiger partial charge in [-0.3, -0.25) is 14.6 Å². The summed E-state index contributed by atoms with van der Waals surface area (Å²) in [5, 5.41) is 6.20. The van der Waals surface area contributed by atoms with Crippen LogP contribution in [0.25, 0.3) is 0 Å². The highest BCUT2D eigenvalue weighted by Crippen LogP contribution is 2.29. The zero-order valence-corrected chi connectivity index (χ0v) is 18.7. The van der Waals surface area contributed by atoms with Crippen LogP contribution in [0.4, 0.5) is 14.5 Å². The van der Waals surface area contributed by atoms with Crippen LogP contribution < -0.4 is 15.4 Å². The molecule has 0 spiro atoms. The Kier molecular flexibility index (Phi) is 8.42. The summed E-state index contributed by atoms with van der Waals surface area (Å²) in [7, 11) is 1.27. The van der Waals surface area contributed by atoms with E-state index in [-0.39, 0.29) is 41.5 Å². The lowest BCUT2D eigenvalue weighted by Gasteiger charge is -2.26. The quantitative estimate of drug-likeness (QED) is 0.420. The lowest BCUT2D eigenvalue weighted by atomic mass is 9.85. The zero-order chi connectivity index (χ0) is 23.8. The summed E-state index contributed by atoms with van der Waals surface area (Å²) in [6, 6.07) is 10.8. The molecule has 10 heteroatoms. The van der Waals surface area contributed by atoms with E-state index in [0.717, 1.165) is 0 Å². The maximum Gasteiger partial charge on any atom is 0.309 e. The van der Waals surface area contributed by atoms with Crippen molar-refractivity contribution in [2.75, 3.05) is 19.0 Å². The van der Waals surface area contributed by atoms with Crippen LogP contribution in [-0.2, 0) is 20.9 Å². The molecule has 33 heavy (non-hydrogen) atoms. The number of alkyl halides is 2. The smallest absolute Gasteiger partial charge is 0.309 e. The number of pyridine rings is 1. The second-order valence-corrected chi connectivity index (χ2v) is 7.67. The number of allylic oxidation sites excluding steroid dienone is 1. The summed E-state index contributed by atoms with van der Waals surface area (Å²) in [4.78, 5) is 29.2. The van der Waals surface area contributed by atoms with Gasteiger partial charge in [0.25, 0.3) is 6.43 Å². The van der Waals surface area contributed by atoms with Gasteiger partial charge in [0, 0.05) is 42.5 Å². The highest BCUT2D eigenvalue weighted by Gasteiger charge is 2.34. The average Bonchev–Trinajstić information content (AvgIpc) is 2.81. The Balaban J connectivity index is 1.86. The van der Waals surface area contributed by atoms with E-state index in [1.807, 2.05) is 30.3 Å². The van der Waals surface area contributed by atoms with Crippen LogP contribution in [0.5, 0.6) is 5.75 Å². The Hall–Kier alpha value is -3.40. The number of rotatable bonds is 9. The van der Waals surface area contributed by atoms with Gasteiger partial charge < -0.3 is 20.1 Å². The molecule has 1 aliphatic carbocycles. The summed E-state index contributed by atoms with van der Waals surface area (Å²) in [5.74, 6) is -1.24. The molecule has 0 saturated carbocycles. The summed E-state index contributed by atoms with van der Waals surface area (Å²) >= 11 is 5.51. The van der Waals surface area contributed by atoms with E-state index in [0.29, 0.717) is 16.9 Å². The molecule has 2 N–H and O–H groups in total. The maximum atomic E-state index is 13.0. The molecule has 0 bridgehead atoms. The molecule has 1 aliphatic rings. The molecule has 0 saturated heterocycles. The number of ketones is 1. The van der Waals surface area contributed by atoms with Crippen molar-refractivity contribution in [3.63, 3.8) is 0 Å². The van der Waals surface area contributed by atoms with Gasteiger partial charge in [0.05, 0.1) is 24.8 Å². The first-order valence-corrected chi connectivity index (χ1v) is 10.6. The van der Waals surface area contributed by atoms with Crippen molar-refractivity contribution in [1.29, 1.82) is 0 Å². The number of methoxy groups -OCH3 is 1. The average molecular weight is 476 g/mol. The molecule has 1 atom stereocenters. The van der Waals surface area contributed by atoms with Crippen LogP contribution in [0.1, 0.15) is 18.4 Å². The first-order chi connectivity index (χ1) is 15.9. The monoisotopic (exact) mass is 475 g/mol. The molecule has 7 nitrogen and oxygen atoms in total. The zero-order valence-electron chi connectivity index (χ0n) is 17.8. The van der Waals surface area contributed by atoms with E-state index >= 15 is 0 Å². The van der Waals surface area contributed by atoms with Crippen LogP contribution in [0.3, 0.4) is 0 Å². The predicted octanol–water partition coefficient (Wildman–Crippen LogP) is 3.66. The number of anilines is 1. The van der Waals surface area contributed by atoms with Gasteiger partial charge in [0.2, 0.25) is 0 Å². The second kappa shape index (κ2) is 11.5. The van der Waals surface area contributed by atoms with Crippen molar-refractivity contribution in [3.05, 3.63) is 65.6 Å². The number of carbonyl (C=O) groups is 2. The fraction of sp³-hybridized carbons (Fsp3) is 0.304. The number of hydrogen-bond acceptors (Lipinski definition) is 7. The minimum absolute atomic E-state index is 0.0260. The number of ether oxygens (including phenoxy) is 2. The van der Waals surface area contributed by atoms with E-state index in [2.05, 4.69) is 15.6 Å². The molecule has 0 aliphatic heterocycles. The number of Topliss-reactive ketones (excluding diaryl/α,β-unsaturated/α-hetero) is 1. The van der Waals surface area contributed by atoms with E-state index in [9.17, 15) is 18.4 Å².